The number of aromatic nitrogens is 4. The quantitative estimate of drug-likeness (QED) is 0.374. The van der Waals surface area contributed by atoms with Crippen molar-refractivity contribution in [1.82, 2.24) is 19.3 Å². The summed E-state index contributed by atoms with van der Waals surface area (Å²) in [5, 5.41) is 17.9. The molecular weight excluding hydrogens is 431 g/mol. The number of hydrogen-bond acceptors (Lipinski definition) is 6. The van der Waals surface area contributed by atoms with Crippen molar-refractivity contribution in [3.63, 3.8) is 0 Å². The lowest BCUT2D eigenvalue weighted by Gasteiger charge is -2.08. The third kappa shape index (κ3) is 3.98. The molecule has 4 rings (SSSR count). The Balaban J connectivity index is 1.60. The zero-order valence-electron chi connectivity index (χ0n) is 15.5. The number of non-ortho nitro benzene ring substituents is 1. The topological polar surface area (TPSA) is 125 Å². The van der Waals surface area contributed by atoms with Gasteiger partial charge in [0, 0.05) is 17.2 Å². The molecule has 31 heavy (non-hydrogen) atoms. The molecule has 0 saturated carbocycles. The Morgan fingerprint density at radius 2 is 2.06 bits per heavy atom. The van der Waals surface area contributed by atoms with Crippen LogP contribution < -0.4 is 10.9 Å². The maximum absolute atomic E-state index is 13.9. The molecule has 0 aliphatic carbocycles. The molecule has 12 heteroatoms. The van der Waals surface area contributed by atoms with Gasteiger partial charge in [-0.1, -0.05) is 17.7 Å². The number of fused-ring (bicyclic) bond motifs is 1. The highest BCUT2D eigenvalue weighted by atomic mass is 35.5. The summed E-state index contributed by atoms with van der Waals surface area (Å²) in [6, 6.07) is 9.56. The van der Waals surface area contributed by atoms with Crippen LogP contribution in [0.1, 0.15) is 0 Å². The molecule has 0 aliphatic rings. The summed E-state index contributed by atoms with van der Waals surface area (Å²) in [7, 11) is 0. The van der Waals surface area contributed by atoms with Gasteiger partial charge in [0.25, 0.3) is 11.2 Å². The second kappa shape index (κ2) is 7.95. The molecule has 10 nitrogen and oxygen atoms in total. The summed E-state index contributed by atoms with van der Waals surface area (Å²) in [6.45, 7) is -0.480. The van der Waals surface area contributed by atoms with Gasteiger partial charge < -0.3 is 5.32 Å². The number of nitro groups is 1. The Morgan fingerprint density at radius 1 is 1.26 bits per heavy atom. The van der Waals surface area contributed by atoms with Crippen LogP contribution in [-0.4, -0.2) is 30.2 Å². The van der Waals surface area contributed by atoms with E-state index in [9.17, 15) is 24.1 Å². The third-order valence-electron chi connectivity index (χ3n) is 4.36. The summed E-state index contributed by atoms with van der Waals surface area (Å²) >= 11 is 6.00. The first-order valence-corrected chi connectivity index (χ1v) is 9.14. The van der Waals surface area contributed by atoms with E-state index in [0.29, 0.717) is 10.7 Å². The zero-order valence-corrected chi connectivity index (χ0v) is 16.3. The van der Waals surface area contributed by atoms with Crippen molar-refractivity contribution in [1.29, 1.82) is 0 Å². The Bertz CT molecular complexity index is 1400. The van der Waals surface area contributed by atoms with Crippen LogP contribution >= 0.6 is 11.6 Å². The Kier molecular flexibility index (Phi) is 5.17. The van der Waals surface area contributed by atoms with Crippen molar-refractivity contribution in [2.24, 2.45) is 0 Å². The number of hydrogen-bond donors (Lipinski definition) is 1. The van der Waals surface area contributed by atoms with Crippen molar-refractivity contribution >= 4 is 39.9 Å². The van der Waals surface area contributed by atoms with E-state index in [0.717, 1.165) is 29.1 Å². The van der Waals surface area contributed by atoms with E-state index in [1.165, 1.54) is 10.9 Å². The molecule has 1 N–H and O–H groups in total. The molecular formula is C19H12ClFN6O4. The highest BCUT2D eigenvalue weighted by molar-refractivity contribution is 6.30. The normalized spacial score (nSPS) is 10.9. The summed E-state index contributed by atoms with van der Waals surface area (Å²) in [6.07, 6.45) is 2.48. The minimum atomic E-state index is -0.845. The zero-order chi connectivity index (χ0) is 22.1. The van der Waals surface area contributed by atoms with E-state index < -0.39 is 28.8 Å². The molecule has 4 aromatic rings. The first-order chi connectivity index (χ1) is 14.8. The first-order valence-electron chi connectivity index (χ1n) is 8.76. The van der Waals surface area contributed by atoms with Gasteiger partial charge in [0.05, 0.1) is 22.5 Å². The van der Waals surface area contributed by atoms with Crippen molar-refractivity contribution in [2.45, 2.75) is 6.54 Å². The summed E-state index contributed by atoms with van der Waals surface area (Å²) in [5.74, 6) is -1.60. The lowest BCUT2D eigenvalue weighted by atomic mass is 10.2. The standard InChI is InChI=1S/C19H12ClFN6O4/c20-11-2-1-3-12(6-11)26-18-14(8-23-26)19(29)25(10-22-18)9-17(28)24-16-7-13(27(30)31)4-5-15(16)21/h1-8,10H,9H2,(H,24,28). The van der Waals surface area contributed by atoms with Crippen LogP contribution in [0.15, 0.2) is 59.8 Å². The molecule has 0 unspecified atom stereocenters. The Morgan fingerprint density at radius 3 is 2.81 bits per heavy atom. The fraction of sp³-hybridized carbons (Fsp3) is 0.0526. The average molecular weight is 443 g/mol. The van der Waals surface area contributed by atoms with E-state index in [1.54, 1.807) is 24.3 Å². The highest BCUT2D eigenvalue weighted by Crippen LogP contribution is 2.21. The number of carbonyl (C=O) groups excluding carboxylic acids is 1. The summed E-state index contributed by atoms with van der Waals surface area (Å²) in [5.41, 5.74) is -0.409. The summed E-state index contributed by atoms with van der Waals surface area (Å²) in [4.78, 5) is 39.4. The van der Waals surface area contributed by atoms with Crippen molar-refractivity contribution < 1.29 is 14.1 Å². The number of nitrogens with one attached hydrogen (secondary N) is 1. The minimum absolute atomic E-state index is 0.164. The smallest absolute Gasteiger partial charge is 0.271 e. The molecule has 2 aromatic heterocycles. The van der Waals surface area contributed by atoms with Crippen LogP contribution in [0.4, 0.5) is 15.8 Å². The second-order valence-electron chi connectivity index (χ2n) is 6.42. The lowest BCUT2D eigenvalue weighted by Crippen LogP contribution is -2.28. The van der Waals surface area contributed by atoms with Crippen LogP contribution in [0.2, 0.25) is 5.02 Å². The Labute approximate surface area is 177 Å². The number of benzene rings is 2. The van der Waals surface area contributed by atoms with Gasteiger partial charge in [-0.25, -0.2) is 14.1 Å². The van der Waals surface area contributed by atoms with E-state index in [2.05, 4.69) is 15.4 Å². The van der Waals surface area contributed by atoms with Crippen LogP contribution in [0.25, 0.3) is 16.7 Å². The van der Waals surface area contributed by atoms with Gasteiger partial charge in [-0.2, -0.15) is 5.10 Å². The van der Waals surface area contributed by atoms with Gasteiger partial charge >= 0.3 is 0 Å². The third-order valence-corrected chi connectivity index (χ3v) is 4.59. The van der Waals surface area contributed by atoms with Gasteiger partial charge in [-0.05, 0) is 24.3 Å². The van der Waals surface area contributed by atoms with Crippen molar-refractivity contribution in [3.8, 4) is 5.69 Å². The van der Waals surface area contributed by atoms with Crippen molar-refractivity contribution in [2.75, 3.05) is 5.32 Å². The molecule has 2 heterocycles. The van der Waals surface area contributed by atoms with E-state index in [1.807, 2.05) is 0 Å². The molecule has 0 spiro atoms. The minimum Gasteiger partial charge on any atom is -0.322 e. The largest absolute Gasteiger partial charge is 0.322 e. The Hall–Kier alpha value is -4.12. The van der Waals surface area contributed by atoms with Crippen LogP contribution in [0.3, 0.4) is 0 Å². The maximum Gasteiger partial charge on any atom is 0.271 e. The SMILES string of the molecule is O=C(Cn1cnc2c(cnn2-c2cccc(Cl)c2)c1=O)Nc1cc([N+](=O)[O-])ccc1F. The van der Waals surface area contributed by atoms with Gasteiger partial charge in [0.2, 0.25) is 5.91 Å². The fourth-order valence-corrected chi connectivity index (χ4v) is 3.11. The number of anilines is 1. The molecule has 2 aromatic carbocycles. The average Bonchev–Trinajstić information content (AvgIpc) is 3.16. The summed E-state index contributed by atoms with van der Waals surface area (Å²) < 4.78 is 16.3. The molecule has 0 radical (unpaired) electrons. The van der Waals surface area contributed by atoms with Gasteiger partial charge in [-0.3, -0.25) is 24.3 Å². The molecule has 0 atom stereocenters. The van der Waals surface area contributed by atoms with Gasteiger partial charge in [0.1, 0.15) is 24.1 Å². The van der Waals surface area contributed by atoms with E-state index >= 15 is 0 Å². The van der Waals surface area contributed by atoms with Crippen LogP contribution in [-0.2, 0) is 11.3 Å². The molecule has 0 bridgehead atoms. The molecule has 156 valence electrons. The van der Waals surface area contributed by atoms with Gasteiger partial charge in [-0.15, -0.1) is 0 Å². The first kappa shape index (κ1) is 20.2. The number of halogens is 2. The predicted octanol–water partition coefficient (Wildman–Crippen LogP) is 2.92. The monoisotopic (exact) mass is 442 g/mol. The number of carbonyl (C=O) groups is 1. The van der Waals surface area contributed by atoms with E-state index in [4.69, 9.17) is 11.6 Å². The maximum atomic E-state index is 13.9. The number of rotatable bonds is 5. The molecule has 0 aliphatic heterocycles. The molecule has 0 saturated heterocycles. The predicted molar refractivity (Wildman–Crippen MR) is 110 cm³/mol. The number of amides is 1. The van der Waals surface area contributed by atoms with Crippen LogP contribution in [0.5, 0.6) is 0 Å². The fourth-order valence-electron chi connectivity index (χ4n) is 2.93. The molecule has 0 fully saturated rings. The highest BCUT2D eigenvalue weighted by Gasteiger charge is 2.16. The van der Waals surface area contributed by atoms with E-state index in [-0.39, 0.29) is 22.4 Å². The molecule has 1 amide bonds. The number of nitrogens with zero attached hydrogens (tertiary/aromatic N) is 5. The van der Waals surface area contributed by atoms with Crippen LogP contribution in [0, 0.1) is 15.9 Å². The lowest BCUT2D eigenvalue weighted by molar-refractivity contribution is -0.384. The number of nitro benzene ring substituents is 1. The second-order valence-corrected chi connectivity index (χ2v) is 6.86. The van der Waals surface area contributed by atoms with Gasteiger partial charge in [0.15, 0.2) is 5.65 Å². The van der Waals surface area contributed by atoms with Crippen molar-refractivity contribution in [3.05, 3.63) is 86.3 Å².